The highest BCUT2D eigenvalue weighted by Crippen LogP contribution is 2.40. The average Bonchev–Trinajstić information content (AvgIpc) is 3.27. The molecule has 2 amide bonds. The average molecular weight is 385 g/mol. The predicted molar refractivity (Wildman–Crippen MR) is 109 cm³/mol. The van der Waals surface area contributed by atoms with Gasteiger partial charge in [0.25, 0.3) is 11.8 Å². The van der Waals surface area contributed by atoms with E-state index in [1.807, 2.05) is 12.1 Å². The van der Waals surface area contributed by atoms with Gasteiger partial charge in [-0.15, -0.1) is 0 Å². The van der Waals surface area contributed by atoms with Crippen molar-refractivity contribution < 1.29 is 19.1 Å². The first-order valence-electron chi connectivity index (χ1n) is 9.57. The summed E-state index contributed by atoms with van der Waals surface area (Å²) in [5.74, 6) is 0.429. The second-order valence-corrected chi connectivity index (χ2v) is 7.17. The van der Waals surface area contributed by atoms with Gasteiger partial charge in [-0.2, -0.15) is 0 Å². The molecular weight excluding hydrogens is 366 g/mol. The number of aryl methyl sites for hydroxylation is 1. The summed E-state index contributed by atoms with van der Waals surface area (Å²) in [4.78, 5) is 26.8. The van der Waals surface area contributed by atoms with E-state index in [4.69, 9.17) is 9.47 Å². The molecule has 0 aromatic heterocycles. The van der Waals surface area contributed by atoms with Gasteiger partial charge < -0.3 is 9.47 Å². The first kappa shape index (κ1) is 17.5. The second-order valence-electron chi connectivity index (χ2n) is 7.17. The first-order chi connectivity index (χ1) is 14.2. The molecule has 5 nitrogen and oxygen atoms in total. The SMILES string of the molecule is COc1ccc(N2C(=O)c3ccccc3C2=O)cc1OC1CCc2ccccc21. The number of rotatable bonds is 4. The van der Waals surface area contributed by atoms with E-state index in [0.29, 0.717) is 28.3 Å². The summed E-state index contributed by atoms with van der Waals surface area (Å²) >= 11 is 0. The van der Waals surface area contributed by atoms with Crippen LogP contribution in [0, 0.1) is 0 Å². The number of amides is 2. The van der Waals surface area contributed by atoms with Crippen LogP contribution in [0.3, 0.4) is 0 Å². The summed E-state index contributed by atoms with van der Waals surface area (Å²) < 4.78 is 11.8. The third kappa shape index (κ3) is 2.78. The van der Waals surface area contributed by atoms with Crippen LogP contribution >= 0.6 is 0 Å². The minimum Gasteiger partial charge on any atom is -0.493 e. The molecule has 0 saturated carbocycles. The Balaban J connectivity index is 1.50. The van der Waals surface area contributed by atoms with Crippen molar-refractivity contribution in [2.24, 2.45) is 0 Å². The standard InChI is InChI=1S/C24H19NO4/c1-28-21-13-11-16(25-23(26)18-8-4-5-9-19(18)24(25)27)14-22(21)29-20-12-10-15-6-2-3-7-17(15)20/h2-9,11,13-14,20H,10,12H2,1H3. The van der Waals surface area contributed by atoms with Crippen molar-refractivity contribution in [2.75, 3.05) is 12.0 Å². The highest BCUT2D eigenvalue weighted by Gasteiger charge is 2.37. The minimum absolute atomic E-state index is 0.0856. The highest BCUT2D eigenvalue weighted by atomic mass is 16.5. The number of imide groups is 1. The van der Waals surface area contributed by atoms with Gasteiger partial charge in [0.1, 0.15) is 6.10 Å². The van der Waals surface area contributed by atoms with Gasteiger partial charge in [0.15, 0.2) is 11.5 Å². The Bertz CT molecular complexity index is 1100. The lowest BCUT2D eigenvalue weighted by Gasteiger charge is -2.20. The van der Waals surface area contributed by atoms with E-state index in [1.165, 1.54) is 16.0 Å². The number of ether oxygens (including phenoxy) is 2. The lowest BCUT2D eigenvalue weighted by Crippen LogP contribution is -2.29. The van der Waals surface area contributed by atoms with Crippen LogP contribution in [0.25, 0.3) is 0 Å². The molecular formula is C24H19NO4. The Kier molecular flexibility index (Phi) is 4.09. The van der Waals surface area contributed by atoms with Crippen LogP contribution in [-0.2, 0) is 6.42 Å². The molecule has 1 aliphatic heterocycles. The molecule has 0 fully saturated rings. The van der Waals surface area contributed by atoms with Crippen molar-refractivity contribution in [1.29, 1.82) is 0 Å². The Morgan fingerprint density at radius 2 is 1.55 bits per heavy atom. The molecule has 0 radical (unpaired) electrons. The molecule has 0 saturated heterocycles. The number of fused-ring (bicyclic) bond motifs is 2. The van der Waals surface area contributed by atoms with Gasteiger partial charge in [-0.3, -0.25) is 9.59 Å². The van der Waals surface area contributed by atoms with Gasteiger partial charge in [-0.25, -0.2) is 4.90 Å². The van der Waals surface area contributed by atoms with E-state index in [0.717, 1.165) is 12.8 Å². The van der Waals surface area contributed by atoms with Crippen LogP contribution in [0.15, 0.2) is 66.7 Å². The van der Waals surface area contributed by atoms with E-state index in [-0.39, 0.29) is 17.9 Å². The van der Waals surface area contributed by atoms with E-state index in [1.54, 1.807) is 49.6 Å². The smallest absolute Gasteiger partial charge is 0.266 e. The van der Waals surface area contributed by atoms with Gasteiger partial charge in [-0.1, -0.05) is 36.4 Å². The molecule has 0 bridgehead atoms. The molecule has 3 aromatic carbocycles. The molecule has 0 N–H and O–H groups in total. The molecule has 1 unspecified atom stereocenters. The van der Waals surface area contributed by atoms with Crippen molar-refractivity contribution in [2.45, 2.75) is 18.9 Å². The largest absolute Gasteiger partial charge is 0.493 e. The number of hydrogen-bond donors (Lipinski definition) is 0. The van der Waals surface area contributed by atoms with Gasteiger partial charge in [0.05, 0.1) is 23.9 Å². The molecule has 1 aliphatic carbocycles. The molecule has 5 rings (SSSR count). The van der Waals surface area contributed by atoms with Gasteiger partial charge in [-0.05, 0) is 48.2 Å². The van der Waals surface area contributed by atoms with Crippen LogP contribution in [0.1, 0.15) is 44.4 Å². The second kappa shape index (κ2) is 6.78. The summed E-state index contributed by atoms with van der Waals surface area (Å²) in [6.07, 6.45) is 1.75. The number of nitrogens with zero attached hydrogens (tertiary/aromatic N) is 1. The predicted octanol–water partition coefficient (Wildman–Crippen LogP) is 4.56. The first-order valence-corrected chi connectivity index (χ1v) is 9.57. The number of carbonyl (C=O) groups is 2. The zero-order valence-corrected chi connectivity index (χ0v) is 15.9. The normalized spacial score (nSPS) is 17.3. The monoisotopic (exact) mass is 385 g/mol. The third-order valence-corrected chi connectivity index (χ3v) is 5.55. The van der Waals surface area contributed by atoms with Gasteiger partial charge in [0, 0.05) is 6.07 Å². The number of anilines is 1. The summed E-state index contributed by atoms with van der Waals surface area (Å²) in [6.45, 7) is 0. The summed E-state index contributed by atoms with van der Waals surface area (Å²) in [7, 11) is 1.58. The maximum Gasteiger partial charge on any atom is 0.266 e. The van der Waals surface area contributed by atoms with Crippen LogP contribution in [0.2, 0.25) is 0 Å². The van der Waals surface area contributed by atoms with Gasteiger partial charge >= 0.3 is 0 Å². The zero-order chi connectivity index (χ0) is 20.0. The molecule has 3 aromatic rings. The molecule has 144 valence electrons. The lowest BCUT2D eigenvalue weighted by molar-refractivity contribution is 0.0926. The molecule has 1 heterocycles. The number of carbonyl (C=O) groups excluding carboxylic acids is 2. The summed E-state index contributed by atoms with van der Waals surface area (Å²) in [6, 6.07) is 20.2. The van der Waals surface area contributed by atoms with E-state index in [9.17, 15) is 9.59 Å². The maximum atomic E-state index is 12.8. The van der Waals surface area contributed by atoms with Crippen molar-refractivity contribution in [3.05, 3.63) is 89.0 Å². The molecule has 5 heteroatoms. The molecule has 29 heavy (non-hydrogen) atoms. The number of benzene rings is 3. The fraction of sp³-hybridized carbons (Fsp3) is 0.167. The third-order valence-electron chi connectivity index (χ3n) is 5.55. The molecule has 0 spiro atoms. The summed E-state index contributed by atoms with van der Waals surface area (Å²) in [5, 5.41) is 0. The Morgan fingerprint density at radius 3 is 2.28 bits per heavy atom. The number of hydrogen-bond acceptors (Lipinski definition) is 4. The Hall–Kier alpha value is -3.60. The summed E-state index contributed by atoms with van der Waals surface area (Å²) in [5.41, 5.74) is 3.76. The van der Waals surface area contributed by atoms with Crippen LogP contribution < -0.4 is 14.4 Å². The fourth-order valence-electron chi connectivity index (χ4n) is 4.11. The van der Waals surface area contributed by atoms with Crippen LogP contribution in [-0.4, -0.2) is 18.9 Å². The van der Waals surface area contributed by atoms with Crippen molar-refractivity contribution in [1.82, 2.24) is 0 Å². The van der Waals surface area contributed by atoms with Crippen LogP contribution in [0.4, 0.5) is 5.69 Å². The fourth-order valence-corrected chi connectivity index (χ4v) is 4.11. The van der Waals surface area contributed by atoms with E-state index < -0.39 is 0 Å². The van der Waals surface area contributed by atoms with E-state index in [2.05, 4.69) is 12.1 Å². The van der Waals surface area contributed by atoms with Gasteiger partial charge in [0.2, 0.25) is 0 Å². The maximum absolute atomic E-state index is 12.8. The van der Waals surface area contributed by atoms with Crippen molar-refractivity contribution in [3.63, 3.8) is 0 Å². The number of methoxy groups -OCH3 is 1. The quantitative estimate of drug-likeness (QED) is 0.618. The Morgan fingerprint density at radius 1 is 0.862 bits per heavy atom. The van der Waals surface area contributed by atoms with Crippen LogP contribution in [0.5, 0.6) is 11.5 Å². The Labute approximate surface area is 168 Å². The molecule has 2 aliphatic rings. The minimum atomic E-state index is -0.326. The topological polar surface area (TPSA) is 55.8 Å². The highest BCUT2D eigenvalue weighted by molar-refractivity contribution is 6.34. The van der Waals surface area contributed by atoms with Crippen molar-refractivity contribution in [3.8, 4) is 11.5 Å². The lowest BCUT2D eigenvalue weighted by atomic mass is 10.1. The van der Waals surface area contributed by atoms with Crippen molar-refractivity contribution >= 4 is 17.5 Å². The zero-order valence-electron chi connectivity index (χ0n) is 15.9. The molecule has 1 atom stereocenters. The van der Waals surface area contributed by atoms with E-state index >= 15 is 0 Å².